The highest BCUT2D eigenvalue weighted by Gasteiger charge is 2.29. The van der Waals surface area contributed by atoms with Crippen molar-refractivity contribution in [1.29, 1.82) is 0 Å². The number of esters is 1. The molecule has 1 N–H and O–H groups in total. The minimum Gasteiger partial charge on any atom is -0.455 e. The minimum atomic E-state index is -0.419. The average Bonchev–Trinajstić information content (AvgIpc) is 3.27. The Bertz CT molecular complexity index is 846. The van der Waals surface area contributed by atoms with Gasteiger partial charge in [-0.15, -0.1) is 11.3 Å². The van der Waals surface area contributed by atoms with E-state index < -0.39 is 11.8 Å². The van der Waals surface area contributed by atoms with Crippen LogP contribution in [0.2, 0.25) is 0 Å². The highest BCUT2D eigenvalue weighted by Crippen LogP contribution is 2.21. The van der Waals surface area contributed by atoms with E-state index in [1.54, 1.807) is 16.2 Å². The van der Waals surface area contributed by atoms with Gasteiger partial charge in [0, 0.05) is 23.5 Å². The molecule has 0 bridgehead atoms. The molecule has 6 nitrogen and oxygen atoms in total. The lowest BCUT2D eigenvalue weighted by Crippen LogP contribution is -2.41. The van der Waals surface area contributed by atoms with Gasteiger partial charge in [-0.3, -0.25) is 14.4 Å². The molecule has 8 heteroatoms. The van der Waals surface area contributed by atoms with Crippen LogP contribution in [0.25, 0.3) is 0 Å². The second kappa shape index (κ2) is 9.65. The first-order valence-electron chi connectivity index (χ1n) is 9.48. The Morgan fingerprint density at radius 2 is 1.90 bits per heavy atom. The Morgan fingerprint density at radius 3 is 2.52 bits per heavy atom. The lowest BCUT2D eigenvalue weighted by Gasteiger charge is -2.31. The van der Waals surface area contributed by atoms with Crippen LogP contribution in [0.1, 0.15) is 41.0 Å². The zero-order valence-corrected chi connectivity index (χ0v) is 16.9. The van der Waals surface area contributed by atoms with Crippen LogP contribution in [0.15, 0.2) is 41.8 Å². The summed E-state index contributed by atoms with van der Waals surface area (Å²) < 4.78 is 18.2. The van der Waals surface area contributed by atoms with Gasteiger partial charge in [-0.25, -0.2) is 4.39 Å². The van der Waals surface area contributed by atoms with E-state index in [2.05, 4.69) is 5.32 Å². The number of thiophene rings is 1. The number of hydrogen-bond acceptors (Lipinski definition) is 5. The molecular weight excluding hydrogens is 395 g/mol. The molecule has 2 amide bonds. The molecule has 1 aromatic carbocycles. The van der Waals surface area contributed by atoms with Crippen LogP contribution < -0.4 is 5.32 Å². The van der Waals surface area contributed by atoms with Gasteiger partial charge in [0.05, 0.1) is 12.0 Å². The van der Waals surface area contributed by atoms with Gasteiger partial charge in [-0.05, 0) is 55.5 Å². The van der Waals surface area contributed by atoms with E-state index in [9.17, 15) is 18.8 Å². The van der Waals surface area contributed by atoms with Gasteiger partial charge in [0.15, 0.2) is 6.61 Å². The average molecular weight is 418 g/mol. The van der Waals surface area contributed by atoms with Crippen molar-refractivity contribution in [2.75, 3.05) is 19.7 Å². The van der Waals surface area contributed by atoms with Crippen LogP contribution in [0.3, 0.4) is 0 Å². The zero-order valence-electron chi connectivity index (χ0n) is 16.1. The molecule has 2 heterocycles. The van der Waals surface area contributed by atoms with Gasteiger partial charge >= 0.3 is 5.97 Å². The fourth-order valence-electron chi connectivity index (χ4n) is 3.24. The van der Waals surface area contributed by atoms with E-state index in [1.165, 1.54) is 24.3 Å². The Hall–Kier alpha value is -2.74. The molecule has 1 aliphatic rings. The number of carbonyl (C=O) groups is 3. The number of carbonyl (C=O) groups excluding carboxylic acids is 3. The standard InChI is InChI=1S/C21H23FN2O4S/c1-14(18-3-2-12-29-18)23-19(25)13-28-21(27)16-8-10-24(11-9-16)20(26)15-4-6-17(22)7-5-15/h2-7,12,14,16H,8-11,13H2,1H3,(H,23,25)/t14-/m1/s1. The van der Waals surface area contributed by atoms with Crippen molar-refractivity contribution >= 4 is 29.1 Å². The number of halogens is 1. The summed E-state index contributed by atoms with van der Waals surface area (Å²) >= 11 is 1.55. The summed E-state index contributed by atoms with van der Waals surface area (Å²) in [6.07, 6.45) is 0.942. The maximum atomic E-state index is 13.0. The van der Waals surface area contributed by atoms with Gasteiger partial charge in [0.2, 0.25) is 0 Å². The first-order chi connectivity index (χ1) is 13.9. The number of nitrogens with zero attached hydrogens (tertiary/aromatic N) is 1. The van der Waals surface area contributed by atoms with Crippen molar-refractivity contribution in [3.63, 3.8) is 0 Å². The van der Waals surface area contributed by atoms with Crippen LogP contribution in [0.4, 0.5) is 4.39 Å². The molecule has 3 rings (SSSR count). The van der Waals surface area contributed by atoms with Crippen LogP contribution in [-0.4, -0.2) is 42.4 Å². The van der Waals surface area contributed by atoms with Crippen LogP contribution >= 0.6 is 11.3 Å². The summed E-state index contributed by atoms with van der Waals surface area (Å²) in [5, 5.41) is 4.74. The van der Waals surface area contributed by atoms with Crippen LogP contribution in [-0.2, 0) is 14.3 Å². The third-order valence-electron chi connectivity index (χ3n) is 4.90. The Kier molecular flexibility index (Phi) is 6.98. The van der Waals surface area contributed by atoms with E-state index in [-0.39, 0.29) is 30.4 Å². The number of nitrogens with one attached hydrogen (secondary N) is 1. The van der Waals surface area contributed by atoms with E-state index in [1.807, 2.05) is 24.4 Å². The quantitative estimate of drug-likeness (QED) is 0.732. The summed E-state index contributed by atoms with van der Waals surface area (Å²) in [7, 11) is 0. The molecule has 0 unspecified atom stereocenters. The number of hydrogen-bond donors (Lipinski definition) is 1. The van der Waals surface area contributed by atoms with Crippen LogP contribution in [0, 0.1) is 11.7 Å². The predicted molar refractivity (Wildman–Crippen MR) is 107 cm³/mol. The summed E-state index contributed by atoms with van der Waals surface area (Å²) in [5.74, 6) is -1.67. The molecule has 1 atom stereocenters. The summed E-state index contributed by atoms with van der Waals surface area (Å²) in [5.41, 5.74) is 0.420. The van der Waals surface area contributed by atoms with Gasteiger partial charge in [-0.1, -0.05) is 6.07 Å². The molecule has 2 aromatic rings. The van der Waals surface area contributed by atoms with E-state index >= 15 is 0 Å². The third-order valence-corrected chi connectivity index (χ3v) is 5.95. The Morgan fingerprint density at radius 1 is 1.21 bits per heavy atom. The Labute approximate surface area is 172 Å². The lowest BCUT2D eigenvalue weighted by atomic mass is 9.96. The SMILES string of the molecule is C[C@@H](NC(=O)COC(=O)C1CCN(C(=O)c2ccc(F)cc2)CC1)c1cccs1. The molecule has 0 aliphatic carbocycles. The first-order valence-corrected chi connectivity index (χ1v) is 10.4. The highest BCUT2D eigenvalue weighted by molar-refractivity contribution is 7.10. The highest BCUT2D eigenvalue weighted by atomic mass is 32.1. The first kappa shape index (κ1) is 21.0. The monoisotopic (exact) mass is 418 g/mol. The topological polar surface area (TPSA) is 75.7 Å². The zero-order chi connectivity index (χ0) is 20.8. The molecule has 1 fully saturated rings. The van der Waals surface area contributed by atoms with Gasteiger partial charge in [0.25, 0.3) is 11.8 Å². The molecule has 0 spiro atoms. The number of benzene rings is 1. The maximum absolute atomic E-state index is 13.0. The van der Waals surface area contributed by atoms with Crippen LogP contribution in [0.5, 0.6) is 0 Å². The van der Waals surface area contributed by atoms with E-state index in [4.69, 9.17) is 4.74 Å². The smallest absolute Gasteiger partial charge is 0.309 e. The predicted octanol–water partition coefficient (Wildman–Crippen LogP) is 3.16. The van der Waals surface area contributed by atoms with E-state index in [0.29, 0.717) is 31.5 Å². The van der Waals surface area contributed by atoms with Gasteiger partial charge in [0.1, 0.15) is 5.82 Å². The number of likely N-dealkylation sites (tertiary alicyclic amines) is 1. The van der Waals surface area contributed by atoms with Crippen molar-refractivity contribution in [3.05, 3.63) is 58.0 Å². The molecular formula is C21H23FN2O4S. The van der Waals surface area contributed by atoms with Crippen molar-refractivity contribution in [3.8, 4) is 0 Å². The van der Waals surface area contributed by atoms with Crippen molar-refractivity contribution < 1.29 is 23.5 Å². The summed E-state index contributed by atoms with van der Waals surface area (Å²) in [4.78, 5) is 39.4. The lowest BCUT2D eigenvalue weighted by molar-refractivity contribution is -0.154. The largest absolute Gasteiger partial charge is 0.455 e. The number of ether oxygens (including phenoxy) is 1. The van der Waals surface area contributed by atoms with Gasteiger partial charge in [-0.2, -0.15) is 0 Å². The molecule has 0 radical (unpaired) electrons. The maximum Gasteiger partial charge on any atom is 0.309 e. The second-order valence-corrected chi connectivity index (χ2v) is 7.96. The van der Waals surface area contributed by atoms with Gasteiger partial charge < -0.3 is 15.0 Å². The fourth-order valence-corrected chi connectivity index (χ4v) is 3.97. The molecule has 0 saturated carbocycles. The van der Waals surface area contributed by atoms with Crippen molar-refractivity contribution in [1.82, 2.24) is 10.2 Å². The normalized spacial score (nSPS) is 15.6. The second-order valence-electron chi connectivity index (χ2n) is 6.99. The summed E-state index contributed by atoms with van der Waals surface area (Å²) in [6, 6.07) is 9.12. The molecule has 1 saturated heterocycles. The number of amides is 2. The molecule has 154 valence electrons. The number of rotatable bonds is 6. The Balaban J connectivity index is 1.41. The summed E-state index contributed by atoms with van der Waals surface area (Å²) in [6.45, 7) is 2.39. The van der Waals surface area contributed by atoms with Crippen molar-refractivity contribution in [2.24, 2.45) is 5.92 Å². The third kappa shape index (κ3) is 5.63. The molecule has 1 aliphatic heterocycles. The molecule has 29 heavy (non-hydrogen) atoms. The molecule has 1 aromatic heterocycles. The van der Waals surface area contributed by atoms with E-state index in [0.717, 1.165) is 4.88 Å². The number of piperidine rings is 1. The minimum absolute atomic E-state index is 0.137. The fraction of sp³-hybridized carbons (Fsp3) is 0.381. The van der Waals surface area contributed by atoms with Crippen molar-refractivity contribution in [2.45, 2.75) is 25.8 Å².